The van der Waals surface area contributed by atoms with E-state index in [0.29, 0.717) is 32.1 Å². The van der Waals surface area contributed by atoms with E-state index >= 15 is 0 Å². The molecule has 6 nitrogen and oxygen atoms in total. The van der Waals surface area contributed by atoms with Crippen molar-refractivity contribution in [2.24, 2.45) is 5.10 Å². The summed E-state index contributed by atoms with van der Waals surface area (Å²) in [5, 5.41) is 18.6. The molecule has 0 bridgehead atoms. The van der Waals surface area contributed by atoms with Gasteiger partial charge in [0.2, 0.25) is 5.13 Å². The first-order valence-corrected chi connectivity index (χ1v) is 9.03. The van der Waals surface area contributed by atoms with E-state index in [0.717, 1.165) is 5.56 Å². The van der Waals surface area contributed by atoms with Crippen molar-refractivity contribution >= 4 is 51.1 Å². The highest BCUT2D eigenvalue weighted by atomic mass is 35.5. The maximum absolute atomic E-state index is 10.9. The highest BCUT2D eigenvalue weighted by Gasteiger charge is 2.10. The number of rotatable bonds is 5. The monoisotopic (exact) mass is 406 g/mol. The molecule has 0 unspecified atom stereocenters. The summed E-state index contributed by atoms with van der Waals surface area (Å²) in [5.41, 5.74) is 5.64. The van der Waals surface area contributed by atoms with Crippen LogP contribution in [0.2, 0.25) is 10.0 Å². The predicted octanol–water partition coefficient (Wildman–Crippen LogP) is 5.86. The second-order valence-corrected chi connectivity index (χ2v) is 6.98. The first-order chi connectivity index (χ1) is 12.4. The van der Waals surface area contributed by atoms with E-state index in [1.807, 2.05) is 5.38 Å². The molecule has 1 N–H and O–H groups in total. The van der Waals surface area contributed by atoms with Gasteiger partial charge in [-0.3, -0.25) is 15.5 Å². The molecular weight excluding hydrogens is 395 g/mol. The van der Waals surface area contributed by atoms with Crippen molar-refractivity contribution in [2.75, 3.05) is 5.43 Å². The van der Waals surface area contributed by atoms with Crippen molar-refractivity contribution in [1.29, 1.82) is 0 Å². The number of nitro groups is 1. The van der Waals surface area contributed by atoms with Crippen LogP contribution in [0.5, 0.6) is 0 Å². The van der Waals surface area contributed by atoms with Crippen LogP contribution in [-0.2, 0) is 0 Å². The third-order valence-corrected chi connectivity index (χ3v) is 4.80. The smallest absolute Gasteiger partial charge is 0.258 e. The molecule has 26 heavy (non-hydrogen) atoms. The molecule has 3 aromatic rings. The average Bonchev–Trinajstić information content (AvgIpc) is 3.08. The number of nitro benzene ring substituents is 1. The highest BCUT2D eigenvalue weighted by Crippen LogP contribution is 2.32. The molecule has 3 rings (SSSR count). The highest BCUT2D eigenvalue weighted by molar-refractivity contribution is 7.14. The summed E-state index contributed by atoms with van der Waals surface area (Å²) >= 11 is 13.5. The molecule has 0 amide bonds. The van der Waals surface area contributed by atoms with E-state index in [2.05, 4.69) is 15.5 Å². The minimum Gasteiger partial charge on any atom is -0.258 e. The Balaban J connectivity index is 1.78. The number of benzene rings is 2. The van der Waals surface area contributed by atoms with Crippen LogP contribution in [0, 0.1) is 10.1 Å². The Kier molecular flexibility index (Phi) is 5.51. The number of hydrazone groups is 1. The molecule has 0 aliphatic heterocycles. The van der Waals surface area contributed by atoms with Gasteiger partial charge in [-0.2, -0.15) is 5.10 Å². The maximum Gasteiger partial charge on any atom is 0.270 e. The molecule has 0 aliphatic carbocycles. The Morgan fingerprint density at radius 3 is 2.81 bits per heavy atom. The van der Waals surface area contributed by atoms with Gasteiger partial charge in [0.05, 0.1) is 21.4 Å². The van der Waals surface area contributed by atoms with E-state index in [9.17, 15) is 10.1 Å². The lowest BCUT2D eigenvalue weighted by Gasteiger charge is -2.02. The number of anilines is 1. The SMILES string of the molecule is C/C(=N\Nc1nc(-c2ccc(Cl)cc2Cl)cs1)c1cccc([N+](=O)[O-])c1. The van der Waals surface area contributed by atoms with Crippen molar-refractivity contribution in [3.8, 4) is 11.3 Å². The molecule has 2 aromatic carbocycles. The Labute approximate surface area is 163 Å². The fourth-order valence-electron chi connectivity index (χ4n) is 2.19. The normalized spacial score (nSPS) is 11.4. The molecule has 0 fully saturated rings. The fourth-order valence-corrected chi connectivity index (χ4v) is 3.34. The van der Waals surface area contributed by atoms with Crippen LogP contribution < -0.4 is 5.43 Å². The topological polar surface area (TPSA) is 80.4 Å². The molecule has 0 radical (unpaired) electrons. The van der Waals surface area contributed by atoms with E-state index in [4.69, 9.17) is 23.2 Å². The lowest BCUT2D eigenvalue weighted by Crippen LogP contribution is -2.00. The number of nitrogens with one attached hydrogen (secondary N) is 1. The van der Waals surface area contributed by atoms with E-state index < -0.39 is 4.92 Å². The standard InChI is InChI=1S/C17H12Cl2N4O2S/c1-10(11-3-2-4-13(7-11)23(24)25)21-22-17-20-16(9-26-17)14-6-5-12(18)8-15(14)19/h2-9H,1H3,(H,20,22)/b21-10+. The lowest BCUT2D eigenvalue weighted by atomic mass is 10.1. The van der Waals surface area contributed by atoms with Gasteiger partial charge in [0.25, 0.3) is 5.69 Å². The summed E-state index contributed by atoms with van der Waals surface area (Å²) in [6.07, 6.45) is 0. The summed E-state index contributed by atoms with van der Waals surface area (Å²) in [5.74, 6) is 0. The van der Waals surface area contributed by atoms with Crippen LogP contribution in [0.4, 0.5) is 10.8 Å². The van der Waals surface area contributed by atoms with Crippen molar-refractivity contribution in [3.05, 3.63) is 73.6 Å². The predicted molar refractivity (Wildman–Crippen MR) is 107 cm³/mol. The van der Waals surface area contributed by atoms with Gasteiger partial charge in [-0.1, -0.05) is 35.3 Å². The number of nitrogens with zero attached hydrogens (tertiary/aromatic N) is 3. The van der Waals surface area contributed by atoms with E-state index in [-0.39, 0.29) is 5.69 Å². The van der Waals surface area contributed by atoms with Crippen molar-refractivity contribution in [3.63, 3.8) is 0 Å². The Bertz CT molecular complexity index is 1000. The molecule has 1 heterocycles. The van der Waals surface area contributed by atoms with Crippen LogP contribution in [0.25, 0.3) is 11.3 Å². The van der Waals surface area contributed by atoms with Crippen LogP contribution in [0.15, 0.2) is 52.9 Å². The molecule has 1 aromatic heterocycles. The second kappa shape index (κ2) is 7.82. The lowest BCUT2D eigenvalue weighted by molar-refractivity contribution is -0.384. The first kappa shape index (κ1) is 18.3. The first-order valence-electron chi connectivity index (χ1n) is 7.40. The van der Waals surface area contributed by atoms with Gasteiger partial charge in [0.1, 0.15) is 0 Å². The molecule has 9 heteroatoms. The van der Waals surface area contributed by atoms with Gasteiger partial charge in [0.15, 0.2) is 0 Å². The molecule has 0 saturated carbocycles. The molecule has 0 spiro atoms. The Morgan fingerprint density at radius 2 is 2.08 bits per heavy atom. The molecule has 0 saturated heterocycles. The third-order valence-electron chi connectivity index (χ3n) is 3.51. The quantitative estimate of drug-likeness (QED) is 0.326. The number of hydrogen-bond donors (Lipinski definition) is 1. The number of non-ortho nitro benzene ring substituents is 1. The van der Waals surface area contributed by atoms with Crippen molar-refractivity contribution in [2.45, 2.75) is 6.92 Å². The summed E-state index contributed by atoms with van der Waals surface area (Å²) in [6.45, 7) is 1.76. The zero-order valence-electron chi connectivity index (χ0n) is 13.4. The Morgan fingerprint density at radius 1 is 1.27 bits per heavy atom. The largest absolute Gasteiger partial charge is 0.270 e. The van der Waals surface area contributed by atoms with Crippen LogP contribution in [-0.4, -0.2) is 15.6 Å². The van der Waals surface area contributed by atoms with Gasteiger partial charge in [-0.05, 0) is 25.1 Å². The minimum atomic E-state index is -0.437. The molecule has 0 atom stereocenters. The summed E-state index contributed by atoms with van der Waals surface area (Å²) in [6, 6.07) is 11.5. The summed E-state index contributed by atoms with van der Waals surface area (Å²) in [7, 11) is 0. The maximum atomic E-state index is 10.9. The van der Waals surface area contributed by atoms with Crippen LogP contribution in [0.1, 0.15) is 12.5 Å². The number of thiazole rings is 1. The average molecular weight is 407 g/mol. The van der Waals surface area contributed by atoms with Gasteiger partial charge < -0.3 is 0 Å². The zero-order chi connectivity index (χ0) is 18.7. The van der Waals surface area contributed by atoms with E-state index in [1.54, 1.807) is 37.3 Å². The van der Waals surface area contributed by atoms with Gasteiger partial charge >= 0.3 is 0 Å². The van der Waals surface area contributed by atoms with Gasteiger partial charge in [0, 0.05) is 33.7 Å². The number of halogens is 2. The zero-order valence-corrected chi connectivity index (χ0v) is 15.8. The Hall–Kier alpha value is -2.48. The summed E-state index contributed by atoms with van der Waals surface area (Å²) < 4.78 is 0. The summed E-state index contributed by atoms with van der Waals surface area (Å²) in [4.78, 5) is 14.9. The third kappa shape index (κ3) is 4.19. The van der Waals surface area contributed by atoms with Crippen molar-refractivity contribution in [1.82, 2.24) is 4.98 Å². The van der Waals surface area contributed by atoms with Crippen molar-refractivity contribution < 1.29 is 4.92 Å². The number of hydrogen-bond acceptors (Lipinski definition) is 6. The van der Waals surface area contributed by atoms with Crippen LogP contribution >= 0.6 is 34.5 Å². The molecular formula is C17H12Cl2N4O2S. The van der Waals surface area contributed by atoms with E-state index in [1.165, 1.54) is 23.5 Å². The van der Waals surface area contributed by atoms with Gasteiger partial charge in [-0.15, -0.1) is 11.3 Å². The van der Waals surface area contributed by atoms with Crippen LogP contribution in [0.3, 0.4) is 0 Å². The molecule has 0 aliphatic rings. The van der Waals surface area contributed by atoms with Gasteiger partial charge in [-0.25, -0.2) is 4.98 Å². The fraction of sp³-hybridized carbons (Fsp3) is 0.0588. The second-order valence-electron chi connectivity index (χ2n) is 5.28. The number of aromatic nitrogens is 1. The minimum absolute atomic E-state index is 0.0194. The molecule has 132 valence electrons.